The lowest BCUT2D eigenvalue weighted by Crippen LogP contribution is -2.46. The summed E-state index contributed by atoms with van der Waals surface area (Å²) in [5.41, 5.74) is -1.45. The molecule has 0 unspecified atom stereocenters. The molecular weight excluding hydrogens is 465 g/mol. The number of carbonyl (C=O) groups excluding carboxylic acids is 1. The number of anilines is 1. The van der Waals surface area contributed by atoms with Crippen LogP contribution in [-0.4, -0.2) is 26.9 Å². The molecule has 2 fully saturated rings. The van der Waals surface area contributed by atoms with Crippen molar-refractivity contribution >= 4 is 33.2 Å². The molecule has 1 N–H and O–H groups in total. The molecule has 2 aromatic rings. The minimum Gasteiger partial charge on any atom is -0.352 e. The number of amides is 1. The molecule has 5 nitrogen and oxygen atoms in total. The van der Waals surface area contributed by atoms with Crippen LogP contribution in [0.5, 0.6) is 0 Å². The first kappa shape index (κ1) is 22.9. The maximum Gasteiger partial charge on any atom is 0.417 e. The summed E-state index contributed by atoms with van der Waals surface area (Å²) in [6.07, 6.45) is -0.727. The second-order valence-electron chi connectivity index (χ2n) is 8.34. The number of fused-ring (bicyclic) bond motifs is 2. The van der Waals surface area contributed by atoms with Crippen LogP contribution in [0.25, 0.3) is 0 Å². The summed E-state index contributed by atoms with van der Waals surface area (Å²) >= 11 is 5.70. The summed E-state index contributed by atoms with van der Waals surface area (Å²) in [7, 11) is -4.31. The Kier molecular flexibility index (Phi) is 6.15. The molecule has 0 spiro atoms. The van der Waals surface area contributed by atoms with Gasteiger partial charge in [-0.1, -0.05) is 36.2 Å². The average Bonchev–Trinajstić information content (AvgIpc) is 3.35. The molecular formula is C22H22ClF3N2O3S. The Balaban J connectivity index is 1.67. The van der Waals surface area contributed by atoms with Crippen LogP contribution in [0.4, 0.5) is 18.9 Å². The number of benzene rings is 2. The van der Waals surface area contributed by atoms with Gasteiger partial charge in [0.2, 0.25) is 5.91 Å². The minimum absolute atomic E-state index is 0.0292. The van der Waals surface area contributed by atoms with Crippen molar-refractivity contribution in [2.45, 2.75) is 42.8 Å². The highest BCUT2D eigenvalue weighted by atomic mass is 35.5. The largest absolute Gasteiger partial charge is 0.417 e. The quantitative estimate of drug-likeness (QED) is 0.634. The zero-order valence-corrected chi connectivity index (χ0v) is 18.6. The van der Waals surface area contributed by atoms with Crippen molar-refractivity contribution < 1.29 is 26.4 Å². The van der Waals surface area contributed by atoms with Gasteiger partial charge in [-0.15, -0.1) is 0 Å². The first-order chi connectivity index (χ1) is 15.1. The van der Waals surface area contributed by atoms with Crippen LogP contribution in [0.1, 0.15) is 31.2 Å². The van der Waals surface area contributed by atoms with Crippen molar-refractivity contribution in [2.24, 2.45) is 11.8 Å². The third-order valence-electron chi connectivity index (χ3n) is 6.25. The normalized spacial score (nSPS) is 22.7. The van der Waals surface area contributed by atoms with Crippen LogP contribution < -0.4 is 9.62 Å². The molecule has 2 aromatic carbocycles. The lowest BCUT2D eigenvalue weighted by atomic mass is 9.95. The second-order valence-corrected chi connectivity index (χ2v) is 10.6. The van der Waals surface area contributed by atoms with Gasteiger partial charge in [0.25, 0.3) is 10.0 Å². The number of hydrogen-bond donors (Lipinski definition) is 1. The fraction of sp³-hybridized carbons (Fsp3) is 0.409. The summed E-state index contributed by atoms with van der Waals surface area (Å²) in [4.78, 5) is 12.7. The van der Waals surface area contributed by atoms with Gasteiger partial charge in [-0.25, -0.2) is 8.42 Å². The Bertz CT molecular complexity index is 1110. The van der Waals surface area contributed by atoms with Crippen LogP contribution in [0.3, 0.4) is 0 Å². The number of nitrogens with zero attached hydrogens (tertiary/aromatic N) is 1. The van der Waals surface area contributed by atoms with Crippen molar-refractivity contribution in [3.8, 4) is 0 Å². The van der Waals surface area contributed by atoms with Gasteiger partial charge < -0.3 is 5.32 Å². The van der Waals surface area contributed by atoms with Crippen molar-refractivity contribution in [1.29, 1.82) is 0 Å². The third-order valence-corrected chi connectivity index (χ3v) is 8.36. The number of nitrogens with one attached hydrogen (secondary N) is 1. The van der Waals surface area contributed by atoms with Gasteiger partial charge in [0.1, 0.15) is 6.54 Å². The molecule has 10 heteroatoms. The number of alkyl halides is 3. The first-order valence-electron chi connectivity index (χ1n) is 10.3. The van der Waals surface area contributed by atoms with Gasteiger partial charge in [-0.3, -0.25) is 9.10 Å². The summed E-state index contributed by atoms with van der Waals surface area (Å²) in [6.45, 7) is -0.635. The summed E-state index contributed by atoms with van der Waals surface area (Å²) < 4.78 is 67.5. The molecule has 172 valence electrons. The molecule has 1 amide bonds. The van der Waals surface area contributed by atoms with E-state index >= 15 is 0 Å². The Labute approximate surface area is 189 Å². The molecule has 0 radical (unpaired) electrons. The van der Waals surface area contributed by atoms with E-state index in [0.717, 1.165) is 31.7 Å². The number of sulfonamides is 1. The monoisotopic (exact) mass is 486 g/mol. The zero-order chi connectivity index (χ0) is 23.1. The van der Waals surface area contributed by atoms with E-state index in [1.165, 1.54) is 30.3 Å². The Hall–Kier alpha value is -2.26. The van der Waals surface area contributed by atoms with Crippen LogP contribution in [0.2, 0.25) is 5.02 Å². The Morgan fingerprint density at radius 3 is 2.41 bits per heavy atom. The summed E-state index contributed by atoms with van der Waals surface area (Å²) in [6, 6.07) is 10.1. The number of hydrogen-bond acceptors (Lipinski definition) is 3. The maximum absolute atomic E-state index is 13.4. The van der Waals surface area contributed by atoms with Gasteiger partial charge in [-0.2, -0.15) is 13.2 Å². The van der Waals surface area contributed by atoms with Gasteiger partial charge in [0.05, 0.1) is 21.2 Å². The molecule has 3 atom stereocenters. The fourth-order valence-corrected chi connectivity index (χ4v) is 6.38. The van der Waals surface area contributed by atoms with Crippen LogP contribution in [0, 0.1) is 11.8 Å². The van der Waals surface area contributed by atoms with Gasteiger partial charge in [0.15, 0.2) is 0 Å². The van der Waals surface area contributed by atoms with Crippen LogP contribution >= 0.6 is 11.6 Å². The van der Waals surface area contributed by atoms with Gasteiger partial charge in [-0.05, 0) is 61.4 Å². The third kappa shape index (κ3) is 4.59. The standard InChI is InChI=1S/C22H22ClF3N2O3S/c23-19-9-8-16(12-18(19)22(24,25)26)28(32(30,31)17-4-2-1-3-5-17)13-21(29)27-20-11-14-6-7-15(20)10-14/h1-5,8-9,12,14-15,20H,6-7,10-11,13H2,(H,27,29)/t14-,15+,20+/m1/s1. The lowest BCUT2D eigenvalue weighted by Gasteiger charge is -2.27. The number of rotatable bonds is 6. The van der Waals surface area contributed by atoms with Crippen LogP contribution in [0.15, 0.2) is 53.4 Å². The maximum atomic E-state index is 13.4. The van der Waals surface area contributed by atoms with E-state index in [1.54, 1.807) is 6.07 Å². The molecule has 2 bridgehead atoms. The topological polar surface area (TPSA) is 66.5 Å². The average molecular weight is 487 g/mol. The molecule has 0 heterocycles. The van der Waals surface area contributed by atoms with Gasteiger partial charge in [0, 0.05) is 6.04 Å². The highest BCUT2D eigenvalue weighted by molar-refractivity contribution is 7.92. The predicted molar refractivity (Wildman–Crippen MR) is 115 cm³/mol. The van der Waals surface area contributed by atoms with Crippen molar-refractivity contribution in [2.75, 3.05) is 10.8 Å². The Morgan fingerprint density at radius 1 is 1.09 bits per heavy atom. The van der Waals surface area contributed by atoms with Crippen LogP contribution in [-0.2, 0) is 21.0 Å². The highest BCUT2D eigenvalue weighted by Crippen LogP contribution is 2.44. The Morgan fingerprint density at radius 2 is 1.81 bits per heavy atom. The fourth-order valence-electron chi connectivity index (χ4n) is 4.72. The molecule has 32 heavy (non-hydrogen) atoms. The first-order valence-corrected chi connectivity index (χ1v) is 12.1. The predicted octanol–water partition coefficient (Wildman–Crippen LogP) is 4.86. The highest BCUT2D eigenvalue weighted by Gasteiger charge is 2.41. The van der Waals surface area contributed by atoms with E-state index in [2.05, 4.69) is 5.32 Å². The van der Waals surface area contributed by atoms with E-state index in [0.29, 0.717) is 22.2 Å². The van der Waals surface area contributed by atoms with Crippen molar-refractivity contribution in [3.63, 3.8) is 0 Å². The molecule has 4 rings (SSSR count). The smallest absolute Gasteiger partial charge is 0.352 e. The number of carbonyl (C=O) groups is 1. The zero-order valence-electron chi connectivity index (χ0n) is 17.0. The molecule has 0 aliphatic heterocycles. The molecule has 2 saturated carbocycles. The van der Waals surface area contributed by atoms with Gasteiger partial charge >= 0.3 is 6.18 Å². The summed E-state index contributed by atoms with van der Waals surface area (Å²) in [5, 5.41) is 2.35. The SMILES string of the molecule is O=C(CN(c1ccc(Cl)c(C(F)(F)F)c1)S(=O)(=O)c1ccccc1)N[C@H]1C[C@@H]2CC[C@H]1C2. The molecule has 2 aliphatic carbocycles. The molecule has 2 aliphatic rings. The molecule has 0 saturated heterocycles. The molecule has 0 aromatic heterocycles. The number of halogens is 4. The van der Waals surface area contributed by atoms with E-state index < -0.39 is 39.2 Å². The van der Waals surface area contributed by atoms with E-state index in [-0.39, 0.29) is 16.6 Å². The second kappa shape index (κ2) is 8.59. The summed E-state index contributed by atoms with van der Waals surface area (Å²) in [5.74, 6) is 0.390. The van der Waals surface area contributed by atoms with E-state index in [1.807, 2.05) is 0 Å². The van der Waals surface area contributed by atoms with E-state index in [9.17, 15) is 26.4 Å². The minimum atomic E-state index is -4.78. The van der Waals surface area contributed by atoms with Crippen molar-refractivity contribution in [3.05, 3.63) is 59.1 Å². The van der Waals surface area contributed by atoms with Crippen molar-refractivity contribution in [1.82, 2.24) is 5.32 Å². The van der Waals surface area contributed by atoms with E-state index in [4.69, 9.17) is 11.6 Å². The lowest BCUT2D eigenvalue weighted by molar-refractivity contribution is -0.137.